The number of nitrogen functional groups attached to an aromatic ring is 1. The smallest absolute Gasteiger partial charge is 0.129 e. The summed E-state index contributed by atoms with van der Waals surface area (Å²) < 4.78 is 13.9. The zero-order valence-electron chi connectivity index (χ0n) is 10.5. The van der Waals surface area contributed by atoms with Crippen LogP contribution in [0.25, 0.3) is 0 Å². The molecule has 0 saturated heterocycles. The Kier molecular flexibility index (Phi) is 4.35. The van der Waals surface area contributed by atoms with Crippen LogP contribution in [0.1, 0.15) is 17.2 Å². The SMILES string of the molecule is CNC(Cc1cnccc1N)c1ccc(Cl)cc1F. The van der Waals surface area contributed by atoms with Crippen molar-refractivity contribution in [2.45, 2.75) is 12.5 Å². The molecule has 1 aromatic heterocycles. The van der Waals surface area contributed by atoms with Crippen LogP contribution in [-0.4, -0.2) is 12.0 Å². The van der Waals surface area contributed by atoms with Gasteiger partial charge in [-0.3, -0.25) is 4.98 Å². The van der Waals surface area contributed by atoms with Gasteiger partial charge in [-0.1, -0.05) is 17.7 Å². The summed E-state index contributed by atoms with van der Waals surface area (Å²) >= 11 is 5.76. The fourth-order valence-electron chi connectivity index (χ4n) is 1.98. The first-order chi connectivity index (χ1) is 9.11. The molecule has 1 heterocycles. The third-order valence-electron chi connectivity index (χ3n) is 3.05. The molecule has 0 aliphatic heterocycles. The van der Waals surface area contributed by atoms with E-state index in [1.54, 1.807) is 37.6 Å². The molecule has 1 unspecified atom stereocenters. The summed E-state index contributed by atoms with van der Waals surface area (Å²) in [5, 5.41) is 3.47. The van der Waals surface area contributed by atoms with E-state index in [2.05, 4.69) is 10.3 Å². The van der Waals surface area contributed by atoms with E-state index >= 15 is 0 Å². The van der Waals surface area contributed by atoms with Crippen LogP contribution in [0, 0.1) is 5.82 Å². The quantitative estimate of drug-likeness (QED) is 0.905. The zero-order valence-corrected chi connectivity index (χ0v) is 11.3. The third-order valence-corrected chi connectivity index (χ3v) is 3.29. The van der Waals surface area contributed by atoms with E-state index in [0.29, 0.717) is 22.7 Å². The Bertz CT molecular complexity index is 574. The number of likely N-dealkylation sites (N-methyl/N-ethyl adjacent to an activating group) is 1. The molecular formula is C14H15ClFN3. The topological polar surface area (TPSA) is 50.9 Å². The van der Waals surface area contributed by atoms with Gasteiger partial charge in [0.1, 0.15) is 5.82 Å². The van der Waals surface area contributed by atoms with Crippen molar-refractivity contribution in [3.63, 3.8) is 0 Å². The van der Waals surface area contributed by atoms with Gasteiger partial charge in [-0.2, -0.15) is 0 Å². The highest BCUT2D eigenvalue weighted by molar-refractivity contribution is 6.30. The van der Waals surface area contributed by atoms with Crippen molar-refractivity contribution in [1.82, 2.24) is 10.3 Å². The minimum absolute atomic E-state index is 0.177. The van der Waals surface area contributed by atoms with Gasteiger partial charge in [0.2, 0.25) is 0 Å². The Morgan fingerprint density at radius 3 is 2.84 bits per heavy atom. The molecule has 0 fully saturated rings. The summed E-state index contributed by atoms with van der Waals surface area (Å²) in [4.78, 5) is 4.04. The lowest BCUT2D eigenvalue weighted by molar-refractivity contribution is 0.534. The molecule has 19 heavy (non-hydrogen) atoms. The van der Waals surface area contributed by atoms with Crippen molar-refractivity contribution in [2.24, 2.45) is 0 Å². The van der Waals surface area contributed by atoms with Gasteiger partial charge in [-0.05, 0) is 37.2 Å². The Hall–Kier alpha value is -1.65. The Morgan fingerprint density at radius 2 is 2.21 bits per heavy atom. The molecule has 5 heteroatoms. The predicted molar refractivity (Wildman–Crippen MR) is 75.6 cm³/mol. The number of nitrogens with one attached hydrogen (secondary N) is 1. The molecule has 3 nitrogen and oxygen atoms in total. The van der Waals surface area contributed by atoms with Crippen LogP contribution in [0.4, 0.5) is 10.1 Å². The van der Waals surface area contributed by atoms with Gasteiger partial charge in [0.15, 0.2) is 0 Å². The number of rotatable bonds is 4. The Balaban J connectivity index is 2.28. The minimum atomic E-state index is -0.325. The second-order valence-electron chi connectivity index (χ2n) is 4.29. The van der Waals surface area contributed by atoms with Gasteiger partial charge in [0, 0.05) is 34.7 Å². The number of hydrogen-bond acceptors (Lipinski definition) is 3. The summed E-state index contributed by atoms with van der Waals surface area (Å²) in [6.45, 7) is 0. The minimum Gasteiger partial charge on any atom is -0.398 e. The van der Waals surface area contributed by atoms with Crippen LogP contribution in [0.5, 0.6) is 0 Å². The summed E-state index contributed by atoms with van der Waals surface area (Å²) in [7, 11) is 1.78. The normalized spacial score (nSPS) is 12.4. The van der Waals surface area contributed by atoms with Crippen molar-refractivity contribution in [2.75, 3.05) is 12.8 Å². The van der Waals surface area contributed by atoms with E-state index in [9.17, 15) is 4.39 Å². The van der Waals surface area contributed by atoms with Crippen molar-refractivity contribution in [1.29, 1.82) is 0 Å². The standard InChI is InChI=1S/C14H15ClFN3/c1-18-14(6-9-8-19-5-4-13(9)17)11-3-2-10(15)7-12(11)16/h2-5,7-8,14,18H,6H2,1H3,(H2,17,19). The number of halogens is 2. The molecule has 2 rings (SSSR count). The number of nitrogens with two attached hydrogens (primary N) is 1. The molecule has 0 aliphatic rings. The summed E-state index contributed by atoms with van der Waals surface area (Å²) in [6, 6.07) is 6.24. The van der Waals surface area contributed by atoms with E-state index in [1.165, 1.54) is 6.07 Å². The third kappa shape index (κ3) is 3.22. The van der Waals surface area contributed by atoms with Crippen LogP contribution in [0.3, 0.4) is 0 Å². The molecule has 0 saturated carbocycles. The van der Waals surface area contributed by atoms with Gasteiger partial charge in [-0.15, -0.1) is 0 Å². The molecule has 0 aliphatic carbocycles. The summed E-state index contributed by atoms with van der Waals surface area (Å²) in [5.41, 5.74) is 7.99. The maximum atomic E-state index is 13.9. The molecule has 0 amide bonds. The highest BCUT2D eigenvalue weighted by Crippen LogP contribution is 2.25. The van der Waals surface area contributed by atoms with Crippen LogP contribution in [-0.2, 0) is 6.42 Å². The molecule has 100 valence electrons. The van der Waals surface area contributed by atoms with Crippen molar-refractivity contribution < 1.29 is 4.39 Å². The van der Waals surface area contributed by atoms with Gasteiger partial charge < -0.3 is 11.1 Å². The van der Waals surface area contributed by atoms with Crippen LogP contribution in [0.2, 0.25) is 5.02 Å². The first-order valence-corrected chi connectivity index (χ1v) is 6.30. The van der Waals surface area contributed by atoms with Crippen LogP contribution >= 0.6 is 11.6 Å². The molecule has 0 bridgehead atoms. The van der Waals surface area contributed by atoms with Crippen LogP contribution in [0.15, 0.2) is 36.7 Å². The predicted octanol–water partition coefficient (Wildman–Crippen LogP) is 2.96. The molecule has 0 radical (unpaired) electrons. The Morgan fingerprint density at radius 1 is 1.42 bits per heavy atom. The largest absolute Gasteiger partial charge is 0.398 e. The summed E-state index contributed by atoms with van der Waals surface area (Å²) in [6.07, 6.45) is 3.90. The lowest BCUT2D eigenvalue weighted by Crippen LogP contribution is -2.20. The number of nitrogens with zero attached hydrogens (tertiary/aromatic N) is 1. The van der Waals surface area contributed by atoms with Gasteiger partial charge in [0.05, 0.1) is 0 Å². The van der Waals surface area contributed by atoms with Gasteiger partial charge in [0.25, 0.3) is 0 Å². The Labute approximate surface area is 116 Å². The maximum absolute atomic E-state index is 13.9. The molecule has 1 aromatic carbocycles. The van der Waals surface area contributed by atoms with E-state index < -0.39 is 0 Å². The molecule has 1 atom stereocenters. The van der Waals surface area contributed by atoms with E-state index in [-0.39, 0.29) is 11.9 Å². The number of anilines is 1. The van der Waals surface area contributed by atoms with E-state index in [0.717, 1.165) is 5.56 Å². The average molecular weight is 280 g/mol. The average Bonchev–Trinajstić information content (AvgIpc) is 2.39. The number of benzene rings is 1. The highest BCUT2D eigenvalue weighted by atomic mass is 35.5. The zero-order chi connectivity index (χ0) is 13.8. The monoisotopic (exact) mass is 279 g/mol. The second kappa shape index (κ2) is 5.99. The van der Waals surface area contributed by atoms with Crippen molar-refractivity contribution >= 4 is 17.3 Å². The fraction of sp³-hybridized carbons (Fsp3) is 0.214. The molecule has 3 N–H and O–H groups in total. The van der Waals surface area contributed by atoms with E-state index in [1.807, 2.05) is 0 Å². The van der Waals surface area contributed by atoms with Crippen molar-refractivity contribution in [3.8, 4) is 0 Å². The molecular weight excluding hydrogens is 265 g/mol. The first-order valence-electron chi connectivity index (χ1n) is 5.92. The van der Waals surface area contributed by atoms with Crippen molar-refractivity contribution in [3.05, 3.63) is 58.6 Å². The lowest BCUT2D eigenvalue weighted by Gasteiger charge is -2.18. The number of aromatic nitrogens is 1. The van der Waals surface area contributed by atoms with Crippen LogP contribution < -0.4 is 11.1 Å². The van der Waals surface area contributed by atoms with Gasteiger partial charge >= 0.3 is 0 Å². The van der Waals surface area contributed by atoms with E-state index in [4.69, 9.17) is 17.3 Å². The highest BCUT2D eigenvalue weighted by Gasteiger charge is 2.16. The number of pyridine rings is 1. The molecule has 0 spiro atoms. The summed E-state index contributed by atoms with van der Waals surface area (Å²) in [5.74, 6) is -0.325. The first kappa shape index (κ1) is 13.8. The lowest BCUT2D eigenvalue weighted by atomic mass is 9.98. The maximum Gasteiger partial charge on any atom is 0.129 e. The fourth-order valence-corrected chi connectivity index (χ4v) is 2.14. The second-order valence-corrected chi connectivity index (χ2v) is 4.72. The van der Waals surface area contributed by atoms with Gasteiger partial charge in [-0.25, -0.2) is 4.39 Å². The molecule has 2 aromatic rings. The number of hydrogen-bond donors (Lipinski definition) is 2.